The lowest BCUT2D eigenvalue weighted by atomic mass is 10.0. The summed E-state index contributed by atoms with van der Waals surface area (Å²) in [7, 11) is 1.66. The standard InChI is InChI=1S/C17H27N3OS/c1-13-7-4-5-10-20(13)14(2)12-18-17(22)19-15-8-6-9-16(11-15)21-3/h6,8-9,11,13-14H,4-5,7,10,12H2,1-3H3,(H2,18,19,22). The van der Waals surface area contributed by atoms with Crippen molar-refractivity contribution in [2.75, 3.05) is 25.5 Å². The van der Waals surface area contributed by atoms with Gasteiger partial charge in [-0.25, -0.2) is 0 Å². The van der Waals surface area contributed by atoms with Crippen LogP contribution in [0.2, 0.25) is 0 Å². The normalized spacial score (nSPS) is 20.2. The highest BCUT2D eigenvalue weighted by Gasteiger charge is 2.22. The maximum Gasteiger partial charge on any atom is 0.170 e. The first-order valence-electron chi connectivity index (χ1n) is 8.05. The summed E-state index contributed by atoms with van der Waals surface area (Å²) in [6.45, 7) is 6.64. The van der Waals surface area contributed by atoms with Crippen LogP contribution in [0.5, 0.6) is 5.75 Å². The van der Waals surface area contributed by atoms with Crippen LogP contribution >= 0.6 is 12.2 Å². The molecule has 1 saturated heterocycles. The molecule has 2 unspecified atom stereocenters. The minimum atomic E-state index is 0.486. The first-order chi connectivity index (χ1) is 10.6. The van der Waals surface area contributed by atoms with Gasteiger partial charge in [0, 0.05) is 30.4 Å². The van der Waals surface area contributed by atoms with Crippen LogP contribution in [-0.4, -0.2) is 42.3 Å². The molecule has 1 aromatic carbocycles. The van der Waals surface area contributed by atoms with E-state index in [1.54, 1.807) is 7.11 Å². The van der Waals surface area contributed by atoms with Gasteiger partial charge in [-0.15, -0.1) is 0 Å². The zero-order valence-electron chi connectivity index (χ0n) is 13.8. The van der Waals surface area contributed by atoms with E-state index in [0.717, 1.165) is 18.0 Å². The summed E-state index contributed by atoms with van der Waals surface area (Å²) in [6, 6.07) is 8.94. The third-order valence-electron chi connectivity index (χ3n) is 4.31. The number of likely N-dealkylation sites (tertiary alicyclic amines) is 1. The smallest absolute Gasteiger partial charge is 0.170 e. The van der Waals surface area contributed by atoms with Crippen molar-refractivity contribution in [2.24, 2.45) is 0 Å². The minimum Gasteiger partial charge on any atom is -0.497 e. The van der Waals surface area contributed by atoms with E-state index < -0.39 is 0 Å². The van der Waals surface area contributed by atoms with E-state index in [2.05, 4.69) is 29.4 Å². The molecular weight excluding hydrogens is 294 g/mol. The molecule has 1 aromatic rings. The van der Waals surface area contributed by atoms with E-state index in [0.29, 0.717) is 17.2 Å². The van der Waals surface area contributed by atoms with E-state index >= 15 is 0 Å². The summed E-state index contributed by atoms with van der Waals surface area (Å²) in [5.74, 6) is 0.823. The van der Waals surface area contributed by atoms with Crippen molar-refractivity contribution >= 4 is 23.0 Å². The fourth-order valence-corrected chi connectivity index (χ4v) is 3.21. The summed E-state index contributed by atoms with van der Waals surface area (Å²) in [6.07, 6.45) is 3.96. The Morgan fingerprint density at radius 2 is 2.27 bits per heavy atom. The molecule has 1 aliphatic rings. The van der Waals surface area contributed by atoms with Gasteiger partial charge in [0.15, 0.2) is 5.11 Å². The maximum atomic E-state index is 5.38. The first kappa shape index (κ1) is 17.0. The SMILES string of the molecule is COc1cccc(NC(=S)NCC(C)N2CCCCC2C)c1. The van der Waals surface area contributed by atoms with Crippen LogP contribution in [0, 0.1) is 0 Å². The van der Waals surface area contributed by atoms with Gasteiger partial charge in [0.1, 0.15) is 5.75 Å². The van der Waals surface area contributed by atoms with Crippen LogP contribution in [0.25, 0.3) is 0 Å². The molecule has 0 aromatic heterocycles. The number of piperidine rings is 1. The largest absolute Gasteiger partial charge is 0.497 e. The van der Waals surface area contributed by atoms with E-state index in [-0.39, 0.29) is 0 Å². The van der Waals surface area contributed by atoms with Crippen LogP contribution in [0.3, 0.4) is 0 Å². The lowest BCUT2D eigenvalue weighted by molar-refractivity contribution is 0.116. The zero-order valence-corrected chi connectivity index (χ0v) is 14.6. The van der Waals surface area contributed by atoms with Gasteiger partial charge in [-0.2, -0.15) is 0 Å². The summed E-state index contributed by atoms with van der Waals surface area (Å²) >= 11 is 5.38. The summed E-state index contributed by atoms with van der Waals surface area (Å²) < 4.78 is 5.22. The first-order valence-corrected chi connectivity index (χ1v) is 8.45. The number of ether oxygens (including phenoxy) is 1. The van der Waals surface area contributed by atoms with Gasteiger partial charge in [0.2, 0.25) is 0 Å². The molecule has 122 valence electrons. The van der Waals surface area contributed by atoms with Crippen molar-refractivity contribution in [1.82, 2.24) is 10.2 Å². The fraction of sp³-hybridized carbons (Fsp3) is 0.588. The van der Waals surface area contributed by atoms with E-state index in [4.69, 9.17) is 17.0 Å². The maximum absolute atomic E-state index is 5.38. The van der Waals surface area contributed by atoms with Crippen LogP contribution < -0.4 is 15.4 Å². The topological polar surface area (TPSA) is 36.5 Å². The summed E-state index contributed by atoms with van der Waals surface area (Å²) in [5, 5.41) is 7.19. The Morgan fingerprint density at radius 1 is 1.45 bits per heavy atom. The Kier molecular flexibility index (Phi) is 6.46. The van der Waals surface area contributed by atoms with E-state index in [1.165, 1.54) is 25.8 Å². The van der Waals surface area contributed by atoms with Crippen LogP contribution in [-0.2, 0) is 0 Å². The lowest BCUT2D eigenvalue weighted by Crippen LogP contribution is -2.48. The molecule has 1 aliphatic heterocycles. The number of benzene rings is 1. The Labute approximate surface area is 139 Å². The molecule has 0 amide bonds. The molecule has 2 atom stereocenters. The highest BCUT2D eigenvalue weighted by molar-refractivity contribution is 7.80. The fourth-order valence-electron chi connectivity index (χ4n) is 3.01. The molecule has 0 bridgehead atoms. The van der Waals surface area contributed by atoms with Crippen molar-refractivity contribution in [3.05, 3.63) is 24.3 Å². The molecular formula is C17H27N3OS. The van der Waals surface area contributed by atoms with Gasteiger partial charge in [-0.1, -0.05) is 12.5 Å². The van der Waals surface area contributed by atoms with Crippen molar-refractivity contribution < 1.29 is 4.74 Å². The van der Waals surface area contributed by atoms with Gasteiger partial charge >= 0.3 is 0 Å². The number of nitrogens with one attached hydrogen (secondary N) is 2. The monoisotopic (exact) mass is 321 g/mol. The van der Waals surface area contributed by atoms with Crippen LogP contribution in [0.1, 0.15) is 33.1 Å². The van der Waals surface area contributed by atoms with E-state index in [9.17, 15) is 0 Å². The van der Waals surface area contributed by atoms with Gasteiger partial charge in [0.25, 0.3) is 0 Å². The third kappa shape index (κ3) is 4.85. The number of thiocarbonyl (C=S) groups is 1. The zero-order chi connectivity index (χ0) is 15.9. The lowest BCUT2D eigenvalue weighted by Gasteiger charge is -2.38. The summed E-state index contributed by atoms with van der Waals surface area (Å²) in [4.78, 5) is 2.57. The van der Waals surface area contributed by atoms with Crippen molar-refractivity contribution in [3.8, 4) is 5.75 Å². The second-order valence-corrected chi connectivity index (χ2v) is 6.41. The molecule has 4 nitrogen and oxygen atoms in total. The molecule has 22 heavy (non-hydrogen) atoms. The highest BCUT2D eigenvalue weighted by atomic mass is 32.1. The molecule has 1 fully saturated rings. The predicted molar refractivity (Wildman–Crippen MR) is 96.7 cm³/mol. The molecule has 0 spiro atoms. The number of hydrogen-bond acceptors (Lipinski definition) is 3. The Morgan fingerprint density at radius 3 is 3.00 bits per heavy atom. The Hall–Kier alpha value is -1.33. The average Bonchev–Trinajstić information content (AvgIpc) is 2.53. The van der Waals surface area contributed by atoms with Crippen molar-refractivity contribution in [3.63, 3.8) is 0 Å². The molecule has 2 N–H and O–H groups in total. The second-order valence-electron chi connectivity index (χ2n) is 6.00. The molecule has 0 radical (unpaired) electrons. The van der Waals surface area contributed by atoms with Crippen LogP contribution in [0.4, 0.5) is 5.69 Å². The third-order valence-corrected chi connectivity index (χ3v) is 4.55. The van der Waals surface area contributed by atoms with Crippen molar-refractivity contribution in [1.29, 1.82) is 0 Å². The van der Waals surface area contributed by atoms with E-state index in [1.807, 2.05) is 24.3 Å². The molecule has 0 saturated carbocycles. The Balaban J connectivity index is 1.79. The predicted octanol–water partition coefficient (Wildman–Crippen LogP) is 3.24. The number of rotatable bonds is 5. The average molecular weight is 321 g/mol. The van der Waals surface area contributed by atoms with Gasteiger partial charge < -0.3 is 15.4 Å². The van der Waals surface area contributed by atoms with Crippen molar-refractivity contribution in [2.45, 2.75) is 45.2 Å². The van der Waals surface area contributed by atoms with Crippen LogP contribution in [0.15, 0.2) is 24.3 Å². The van der Waals surface area contributed by atoms with Gasteiger partial charge in [-0.05, 0) is 57.6 Å². The number of hydrogen-bond donors (Lipinski definition) is 2. The molecule has 2 rings (SSSR count). The quantitative estimate of drug-likeness (QED) is 0.814. The highest BCUT2D eigenvalue weighted by Crippen LogP contribution is 2.19. The number of anilines is 1. The van der Waals surface area contributed by atoms with Gasteiger partial charge in [-0.3, -0.25) is 4.90 Å². The molecule has 5 heteroatoms. The van der Waals surface area contributed by atoms with Gasteiger partial charge in [0.05, 0.1) is 7.11 Å². The molecule has 1 heterocycles. The second kappa shape index (κ2) is 8.34. The Bertz CT molecular complexity index is 495. The minimum absolute atomic E-state index is 0.486. The summed E-state index contributed by atoms with van der Waals surface area (Å²) in [5.41, 5.74) is 0.941. The number of nitrogens with zero attached hydrogens (tertiary/aromatic N) is 1. The molecule has 0 aliphatic carbocycles. The number of methoxy groups -OCH3 is 1.